The van der Waals surface area contributed by atoms with Crippen LogP contribution < -0.4 is 4.90 Å². The Labute approximate surface area is 157 Å². The van der Waals surface area contributed by atoms with Crippen molar-refractivity contribution in [3.8, 4) is 11.1 Å². The molecule has 6 heteroatoms. The number of H-pyrrole nitrogens is 1. The van der Waals surface area contributed by atoms with Gasteiger partial charge in [0.2, 0.25) is 5.91 Å². The minimum atomic E-state index is 0.150. The van der Waals surface area contributed by atoms with Crippen molar-refractivity contribution in [1.29, 1.82) is 0 Å². The molecule has 5 heterocycles. The van der Waals surface area contributed by atoms with Crippen molar-refractivity contribution in [3.05, 3.63) is 42.0 Å². The molecule has 0 saturated carbocycles. The number of anilines is 1. The molecule has 1 fully saturated rings. The van der Waals surface area contributed by atoms with Gasteiger partial charge in [-0.05, 0) is 43.4 Å². The number of aromatic nitrogens is 3. The summed E-state index contributed by atoms with van der Waals surface area (Å²) in [6.45, 7) is 4.44. The summed E-state index contributed by atoms with van der Waals surface area (Å²) in [5.41, 5.74) is 5.96. The highest BCUT2D eigenvalue weighted by atomic mass is 16.5. The molecule has 138 valence electrons. The van der Waals surface area contributed by atoms with E-state index in [1.807, 2.05) is 29.6 Å². The SMILES string of the molecule is Cc1c(-c2cnc3c(c2)N(CC2CCOCC2)C(=O)C3)cnc2[nH]ccc12. The van der Waals surface area contributed by atoms with Crippen molar-refractivity contribution in [2.75, 3.05) is 24.7 Å². The number of nitrogens with one attached hydrogen (secondary N) is 1. The topological polar surface area (TPSA) is 71.1 Å². The van der Waals surface area contributed by atoms with Gasteiger partial charge in [0.25, 0.3) is 0 Å². The van der Waals surface area contributed by atoms with E-state index in [4.69, 9.17) is 4.74 Å². The summed E-state index contributed by atoms with van der Waals surface area (Å²) >= 11 is 0. The predicted octanol–water partition coefficient (Wildman–Crippen LogP) is 3.25. The van der Waals surface area contributed by atoms with Crippen molar-refractivity contribution in [2.24, 2.45) is 5.92 Å². The summed E-state index contributed by atoms with van der Waals surface area (Å²) in [4.78, 5) is 26.8. The first-order chi connectivity index (χ1) is 13.2. The van der Waals surface area contributed by atoms with Crippen LogP contribution in [-0.2, 0) is 16.0 Å². The first-order valence-corrected chi connectivity index (χ1v) is 9.51. The summed E-state index contributed by atoms with van der Waals surface area (Å²) in [5.74, 6) is 0.647. The molecule has 0 unspecified atom stereocenters. The number of amides is 1. The van der Waals surface area contributed by atoms with Crippen LogP contribution in [0.3, 0.4) is 0 Å². The van der Waals surface area contributed by atoms with Gasteiger partial charge in [0.15, 0.2) is 0 Å². The lowest BCUT2D eigenvalue weighted by Crippen LogP contribution is -2.34. The minimum Gasteiger partial charge on any atom is -0.381 e. The van der Waals surface area contributed by atoms with Crippen LogP contribution in [-0.4, -0.2) is 40.6 Å². The number of nitrogens with zero attached hydrogens (tertiary/aromatic N) is 3. The summed E-state index contributed by atoms with van der Waals surface area (Å²) in [6.07, 6.45) is 8.08. The molecule has 0 aromatic carbocycles. The van der Waals surface area contributed by atoms with Crippen LogP contribution in [0.15, 0.2) is 30.7 Å². The van der Waals surface area contributed by atoms with Gasteiger partial charge in [-0.15, -0.1) is 0 Å². The minimum absolute atomic E-state index is 0.150. The summed E-state index contributed by atoms with van der Waals surface area (Å²) in [5, 5.41) is 1.11. The number of aromatic amines is 1. The quantitative estimate of drug-likeness (QED) is 0.776. The average molecular weight is 362 g/mol. The molecule has 0 spiro atoms. The van der Waals surface area contributed by atoms with Crippen molar-refractivity contribution in [2.45, 2.75) is 26.2 Å². The third-order valence-corrected chi connectivity index (χ3v) is 5.81. The van der Waals surface area contributed by atoms with E-state index in [-0.39, 0.29) is 5.91 Å². The van der Waals surface area contributed by atoms with Gasteiger partial charge >= 0.3 is 0 Å². The number of ether oxygens (including phenoxy) is 1. The summed E-state index contributed by atoms with van der Waals surface area (Å²) in [6, 6.07) is 4.15. The fourth-order valence-corrected chi connectivity index (χ4v) is 4.19. The molecule has 0 bridgehead atoms. The lowest BCUT2D eigenvalue weighted by molar-refractivity contribution is -0.117. The lowest BCUT2D eigenvalue weighted by Gasteiger charge is -2.27. The van der Waals surface area contributed by atoms with Gasteiger partial charge in [-0.2, -0.15) is 0 Å². The van der Waals surface area contributed by atoms with Gasteiger partial charge in [0.1, 0.15) is 5.65 Å². The smallest absolute Gasteiger partial charge is 0.233 e. The maximum absolute atomic E-state index is 12.6. The number of pyridine rings is 2. The van der Waals surface area contributed by atoms with Crippen LogP contribution in [0.4, 0.5) is 5.69 Å². The highest BCUT2D eigenvalue weighted by Crippen LogP contribution is 2.35. The Bertz CT molecular complexity index is 1020. The highest BCUT2D eigenvalue weighted by Gasteiger charge is 2.31. The maximum Gasteiger partial charge on any atom is 0.233 e. The second kappa shape index (κ2) is 6.46. The van der Waals surface area contributed by atoms with Gasteiger partial charge in [0.05, 0.1) is 17.8 Å². The Balaban J connectivity index is 1.51. The largest absolute Gasteiger partial charge is 0.381 e. The Morgan fingerprint density at radius 1 is 1.26 bits per heavy atom. The molecule has 0 atom stereocenters. The van der Waals surface area contributed by atoms with Crippen LogP contribution in [0.2, 0.25) is 0 Å². The van der Waals surface area contributed by atoms with E-state index < -0.39 is 0 Å². The number of fused-ring (bicyclic) bond motifs is 2. The zero-order valence-corrected chi connectivity index (χ0v) is 15.4. The fourth-order valence-electron chi connectivity index (χ4n) is 4.19. The van der Waals surface area contributed by atoms with E-state index in [1.165, 1.54) is 5.56 Å². The molecule has 0 radical (unpaired) electrons. The number of carbonyl (C=O) groups excluding carboxylic acids is 1. The van der Waals surface area contributed by atoms with E-state index in [9.17, 15) is 4.79 Å². The van der Waals surface area contributed by atoms with Crippen molar-refractivity contribution in [1.82, 2.24) is 15.0 Å². The highest BCUT2D eigenvalue weighted by molar-refractivity contribution is 6.01. The van der Waals surface area contributed by atoms with Crippen LogP contribution >= 0.6 is 0 Å². The van der Waals surface area contributed by atoms with Gasteiger partial charge in [-0.1, -0.05) is 0 Å². The number of aryl methyl sites for hydroxylation is 1. The first kappa shape index (κ1) is 16.4. The fraction of sp³-hybridized carbons (Fsp3) is 0.381. The van der Waals surface area contributed by atoms with Gasteiger partial charge in [0, 0.05) is 54.9 Å². The van der Waals surface area contributed by atoms with Crippen LogP contribution in [0.5, 0.6) is 0 Å². The monoisotopic (exact) mass is 362 g/mol. The lowest BCUT2D eigenvalue weighted by atomic mass is 9.99. The predicted molar refractivity (Wildman–Crippen MR) is 104 cm³/mol. The van der Waals surface area contributed by atoms with E-state index in [2.05, 4.69) is 27.9 Å². The first-order valence-electron chi connectivity index (χ1n) is 9.51. The van der Waals surface area contributed by atoms with Crippen molar-refractivity contribution >= 4 is 22.6 Å². The second-order valence-electron chi connectivity index (χ2n) is 7.46. The molecule has 27 heavy (non-hydrogen) atoms. The standard InChI is InChI=1S/C21H22N4O2/c1-13-16-2-5-22-21(16)24-11-17(13)15-8-19-18(23-10-15)9-20(26)25(19)12-14-3-6-27-7-4-14/h2,5,8,10-11,14H,3-4,6-7,9,12H2,1H3,(H,22,24). The molecular weight excluding hydrogens is 340 g/mol. The second-order valence-corrected chi connectivity index (χ2v) is 7.46. The Hall–Kier alpha value is -2.73. The molecule has 2 aliphatic rings. The molecule has 6 nitrogen and oxygen atoms in total. The maximum atomic E-state index is 12.6. The molecule has 1 saturated heterocycles. The van der Waals surface area contributed by atoms with E-state index in [0.717, 1.165) is 66.1 Å². The molecule has 3 aromatic heterocycles. The number of rotatable bonds is 3. The molecule has 5 rings (SSSR count). The van der Waals surface area contributed by atoms with Gasteiger partial charge in [-0.3, -0.25) is 9.78 Å². The summed E-state index contributed by atoms with van der Waals surface area (Å²) < 4.78 is 5.45. The number of carbonyl (C=O) groups is 1. The van der Waals surface area contributed by atoms with Gasteiger partial charge in [-0.25, -0.2) is 4.98 Å². The van der Waals surface area contributed by atoms with Crippen molar-refractivity contribution < 1.29 is 9.53 Å². The Kier molecular flexibility index (Phi) is 3.93. The molecule has 1 N–H and O–H groups in total. The molecule has 2 aliphatic heterocycles. The van der Waals surface area contributed by atoms with E-state index in [0.29, 0.717) is 12.3 Å². The molecule has 1 amide bonds. The molecular formula is C21H22N4O2. The molecule has 3 aromatic rings. The zero-order valence-electron chi connectivity index (χ0n) is 15.4. The molecule has 0 aliphatic carbocycles. The third kappa shape index (κ3) is 2.80. The summed E-state index contributed by atoms with van der Waals surface area (Å²) in [7, 11) is 0. The van der Waals surface area contributed by atoms with Crippen LogP contribution in [0.1, 0.15) is 24.1 Å². The number of hydrogen-bond acceptors (Lipinski definition) is 4. The third-order valence-electron chi connectivity index (χ3n) is 5.81. The van der Waals surface area contributed by atoms with E-state index in [1.54, 1.807) is 0 Å². The van der Waals surface area contributed by atoms with Gasteiger partial charge < -0.3 is 14.6 Å². The van der Waals surface area contributed by atoms with Crippen molar-refractivity contribution in [3.63, 3.8) is 0 Å². The average Bonchev–Trinajstić information content (AvgIpc) is 3.28. The van der Waals surface area contributed by atoms with Crippen LogP contribution in [0, 0.1) is 12.8 Å². The Morgan fingerprint density at radius 2 is 2.11 bits per heavy atom. The Morgan fingerprint density at radius 3 is 2.96 bits per heavy atom. The number of hydrogen-bond donors (Lipinski definition) is 1. The van der Waals surface area contributed by atoms with E-state index >= 15 is 0 Å². The zero-order chi connectivity index (χ0) is 18.4. The normalized spacial score (nSPS) is 17.7. The van der Waals surface area contributed by atoms with Crippen LogP contribution in [0.25, 0.3) is 22.2 Å².